The van der Waals surface area contributed by atoms with E-state index in [0.29, 0.717) is 36.6 Å². The SMILES string of the molecule is Cc1cccc(-c2cc(C#N)c(N3CCN(C(=O)c4ccoc4)[C@H](C)C3)nc2C(C)C)c1. The highest BCUT2D eigenvalue weighted by molar-refractivity contribution is 5.94. The molecule has 1 aliphatic rings. The van der Waals surface area contributed by atoms with Crippen LogP contribution >= 0.6 is 0 Å². The Balaban J connectivity index is 1.66. The number of aryl methyl sites for hydroxylation is 1. The molecule has 6 heteroatoms. The maximum absolute atomic E-state index is 12.8. The number of amides is 1. The van der Waals surface area contributed by atoms with Crippen LogP contribution in [0, 0.1) is 18.3 Å². The first-order chi connectivity index (χ1) is 15.4. The molecule has 0 spiro atoms. The third-order valence-electron chi connectivity index (χ3n) is 5.98. The lowest BCUT2D eigenvalue weighted by molar-refractivity contribution is 0.0673. The Bertz CT molecular complexity index is 1160. The van der Waals surface area contributed by atoms with Crippen molar-refractivity contribution in [1.82, 2.24) is 9.88 Å². The fourth-order valence-electron chi connectivity index (χ4n) is 4.33. The lowest BCUT2D eigenvalue weighted by Gasteiger charge is -2.40. The topological polar surface area (TPSA) is 73.4 Å². The number of nitriles is 1. The van der Waals surface area contributed by atoms with Gasteiger partial charge in [0, 0.05) is 31.2 Å². The van der Waals surface area contributed by atoms with Crippen molar-refractivity contribution in [2.45, 2.75) is 39.7 Å². The van der Waals surface area contributed by atoms with Crippen LogP contribution in [0.4, 0.5) is 5.82 Å². The van der Waals surface area contributed by atoms with E-state index in [0.717, 1.165) is 16.8 Å². The molecule has 1 aliphatic heterocycles. The first-order valence-electron chi connectivity index (χ1n) is 11.0. The van der Waals surface area contributed by atoms with Crippen LogP contribution in [0.15, 0.2) is 53.3 Å². The van der Waals surface area contributed by atoms with Gasteiger partial charge in [0.2, 0.25) is 0 Å². The fraction of sp³-hybridized carbons (Fsp3) is 0.346. The minimum Gasteiger partial charge on any atom is -0.472 e. The number of benzene rings is 1. The quantitative estimate of drug-likeness (QED) is 0.585. The molecule has 4 rings (SSSR count). The van der Waals surface area contributed by atoms with Crippen molar-refractivity contribution >= 4 is 11.7 Å². The third-order valence-corrected chi connectivity index (χ3v) is 5.98. The van der Waals surface area contributed by atoms with E-state index >= 15 is 0 Å². The predicted octanol–water partition coefficient (Wildman–Crippen LogP) is 5.00. The van der Waals surface area contributed by atoms with E-state index < -0.39 is 0 Å². The zero-order valence-electron chi connectivity index (χ0n) is 19.0. The molecule has 1 saturated heterocycles. The number of rotatable bonds is 4. The smallest absolute Gasteiger partial charge is 0.257 e. The molecule has 0 N–H and O–H groups in total. The predicted molar refractivity (Wildman–Crippen MR) is 125 cm³/mol. The number of piperazine rings is 1. The molecule has 0 aliphatic carbocycles. The summed E-state index contributed by atoms with van der Waals surface area (Å²) in [5, 5.41) is 9.94. The van der Waals surface area contributed by atoms with Gasteiger partial charge in [-0.1, -0.05) is 43.7 Å². The van der Waals surface area contributed by atoms with Crippen LogP contribution in [-0.4, -0.2) is 41.5 Å². The van der Waals surface area contributed by atoms with Crippen molar-refractivity contribution < 1.29 is 9.21 Å². The minimum absolute atomic E-state index is 0.0153. The second-order valence-electron chi connectivity index (χ2n) is 8.73. The van der Waals surface area contributed by atoms with Gasteiger partial charge in [0.1, 0.15) is 18.2 Å². The summed E-state index contributed by atoms with van der Waals surface area (Å²) in [5.74, 6) is 0.880. The highest BCUT2D eigenvalue weighted by Crippen LogP contribution is 2.33. The number of anilines is 1. The Morgan fingerprint density at radius 1 is 1.25 bits per heavy atom. The minimum atomic E-state index is -0.0305. The summed E-state index contributed by atoms with van der Waals surface area (Å²) in [6.07, 6.45) is 3.00. The number of aromatic nitrogens is 1. The second kappa shape index (κ2) is 8.88. The maximum atomic E-state index is 12.8. The largest absolute Gasteiger partial charge is 0.472 e. The van der Waals surface area contributed by atoms with Crippen LogP contribution in [0.2, 0.25) is 0 Å². The molecule has 3 heterocycles. The Morgan fingerprint density at radius 3 is 2.69 bits per heavy atom. The molecule has 164 valence electrons. The normalized spacial score (nSPS) is 16.3. The molecule has 0 radical (unpaired) electrons. The van der Waals surface area contributed by atoms with Gasteiger partial charge in [-0.15, -0.1) is 0 Å². The van der Waals surface area contributed by atoms with Gasteiger partial charge in [-0.3, -0.25) is 4.79 Å². The summed E-state index contributed by atoms with van der Waals surface area (Å²) in [4.78, 5) is 21.8. The Hall–Kier alpha value is -3.59. The van der Waals surface area contributed by atoms with Crippen molar-refractivity contribution in [3.8, 4) is 17.2 Å². The lowest BCUT2D eigenvalue weighted by atomic mass is 9.95. The van der Waals surface area contributed by atoms with Gasteiger partial charge in [-0.25, -0.2) is 4.98 Å². The van der Waals surface area contributed by atoms with Crippen molar-refractivity contribution in [1.29, 1.82) is 5.26 Å². The summed E-state index contributed by atoms with van der Waals surface area (Å²) in [7, 11) is 0. The first kappa shape index (κ1) is 21.6. The number of hydrogen-bond donors (Lipinski definition) is 0. The number of hydrogen-bond acceptors (Lipinski definition) is 5. The molecule has 0 unspecified atom stereocenters. The average Bonchev–Trinajstić information content (AvgIpc) is 3.32. The molecule has 1 atom stereocenters. The molecule has 0 saturated carbocycles. The molecular formula is C26H28N4O2. The lowest BCUT2D eigenvalue weighted by Crippen LogP contribution is -2.54. The van der Waals surface area contributed by atoms with Gasteiger partial charge in [-0.2, -0.15) is 5.26 Å². The van der Waals surface area contributed by atoms with E-state index in [1.54, 1.807) is 6.07 Å². The monoisotopic (exact) mass is 428 g/mol. The van der Waals surface area contributed by atoms with E-state index in [9.17, 15) is 10.1 Å². The number of carbonyl (C=O) groups is 1. The van der Waals surface area contributed by atoms with Gasteiger partial charge in [0.25, 0.3) is 5.91 Å². The zero-order valence-corrected chi connectivity index (χ0v) is 19.0. The van der Waals surface area contributed by atoms with Gasteiger partial charge in [0.05, 0.1) is 23.1 Å². The number of furan rings is 1. The van der Waals surface area contributed by atoms with Gasteiger partial charge >= 0.3 is 0 Å². The fourth-order valence-corrected chi connectivity index (χ4v) is 4.33. The van der Waals surface area contributed by atoms with E-state index in [4.69, 9.17) is 9.40 Å². The van der Waals surface area contributed by atoms with Crippen molar-refractivity contribution in [2.75, 3.05) is 24.5 Å². The first-order valence-corrected chi connectivity index (χ1v) is 11.0. The highest BCUT2D eigenvalue weighted by atomic mass is 16.3. The standard InChI is InChI=1S/C26H28N4O2/c1-17(2)24-23(20-7-5-6-18(3)12-20)13-22(14-27)25(28-24)29-9-10-30(19(4)15-29)26(31)21-8-11-32-16-21/h5-8,11-13,16-17,19H,9-10,15H2,1-4H3/t19-/m1/s1. The number of carbonyl (C=O) groups excluding carboxylic acids is 1. The zero-order chi connectivity index (χ0) is 22.8. The molecule has 3 aromatic rings. The molecule has 0 bridgehead atoms. The average molecular weight is 429 g/mol. The maximum Gasteiger partial charge on any atom is 0.257 e. The number of nitrogens with zero attached hydrogens (tertiary/aromatic N) is 4. The molecule has 32 heavy (non-hydrogen) atoms. The third kappa shape index (κ3) is 4.11. The van der Waals surface area contributed by atoms with Crippen LogP contribution in [0.25, 0.3) is 11.1 Å². The summed E-state index contributed by atoms with van der Waals surface area (Å²) in [6.45, 7) is 10.2. The van der Waals surface area contributed by atoms with Gasteiger partial charge in [0.15, 0.2) is 0 Å². The van der Waals surface area contributed by atoms with Crippen LogP contribution < -0.4 is 4.90 Å². The van der Waals surface area contributed by atoms with Gasteiger partial charge in [-0.05, 0) is 37.5 Å². The summed E-state index contributed by atoms with van der Waals surface area (Å²) < 4.78 is 5.07. The summed E-state index contributed by atoms with van der Waals surface area (Å²) >= 11 is 0. The van der Waals surface area contributed by atoms with E-state index in [2.05, 4.69) is 49.9 Å². The van der Waals surface area contributed by atoms with Crippen LogP contribution in [-0.2, 0) is 0 Å². The molecular weight excluding hydrogens is 400 g/mol. The van der Waals surface area contributed by atoms with E-state index in [-0.39, 0.29) is 17.9 Å². The molecule has 1 fully saturated rings. The van der Waals surface area contributed by atoms with Crippen molar-refractivity contribution in [2.24, 2.45) is 0 Å². The van der Waals surface area contributed by atoms with Gasteiger partial charge < -0.3 is 14.2 Å². The molecule has 1 amide bonds. The molecule has 2 aromatic heterocycles. The second-order valence-corrected chi connectivity index (χ2v) is 8.73. The Labute approximate surface area is 189 Å². The van der Waals surface area contributed by atoms with E-state index in [1.807, 2.05) is 24.0 Å². The summed E-state index contributed by atoms with van der Waals surface area (Å²) in [5.41, 5.74) is 5.36. The van der Waals surface area contributed by atoms with Crippen molar-refractivity contribution in [3.63, 3.8) is 0 Å². The Kier molecular flexibility index (Phi) is 6.00. The Morgan fingerprint density at radius 2 is 2.06 bits per heavy atom. The van der Waals surface area contributed by atoms with E-state index in [1.165, 1.54) is 18.1 Å². The molecule has 1 aromatic carbocycles. The van der Waals surface area contributed by atoms with Crippen molar-refractivity contribution in [3.05, 3.63) is 71.3 Å². The summed E-state index contributed by atoms with van der Waals surface area (Å²) in [6, 6.07) is 14.3. The van der Waals surface area contributed by atoms with Crippen LogP contribution in [0.5, 0.6) is 0 Å². The highest BCUT2D eigenvalue weighted by Gasteiger charge is 2.31. The van der Waals surface area contributed by atoms with Crippen LogP contribution in [0.1, 0.15) is 53.9 Å². The molecule has 6 nitrogen and oxygen atoms in total. The van der Waals surface area contributed by atoms with Crippen LogP contribution in [0.3, 0.4) is 0 Å². The number of pyridine rings is 1.